The number of hydrogen-bond donors (Lipinski definition) is 0. The van der Waals surface area contributed by atoms with E-state index in [4.69, 9.17) is 14.2 Å². The molecule has 3 atom stereocenters. The number of nitrogens with zero attached hydrogens (tertiary/aromatic N) is 2. The van der Waals surface area contributed by atoms with E-state index in [0.29, 0.717) is 30.3 Å². The topological polar surface area (TPSA) is 131 Å². The molecule has 164 valence electrons. The molecular weight excluding hydrogens is 408 g/mol. The lowest BCUT2D eigenvalue weighted by Crippen LogP contribution is -2.40. The van der Waals surface area contributed by atoms with E-state index < -0.39 is 39.4 Å². The molecule has 0 aliphatic heterocycles. The number of hydrogen-bond acceptors (Lipinski definition) is 8. The molecule has 1 fully saturated rings. The summed E-state index contributed by atoms with van der Waals surface area (Å²) in [5.74, 6) is 0.762. The first-order valence-electron chi connectivity index (χ1n) is 9.72. The number of carbonyl (C=O) groups is 1. The molecule has 0 aromatic heterocycles. The van der Waals surface area contributed by atoms with Crippen LogP contribution in [-0.2, 0) is 4.74 Å². The zero-order valence-corrected chi connectivity index (χ0v) is 17.1. The molecular formula is C21H22N2O8. The molecule has 1 aliphatic carbocycles. The monoisotopic (exact) mass is 430 g/mol. The third kappa shape index (κ3) is 5.47. The van der Waals surface area contributed by atoms with Crippen LogP contribution >= 0.6 is 0 Å². The molecule has 0 radical (unpaired) electrons. The number of rotatable bonds is 7. The van der Waals surface area contributed by atoms with E-state index in [-0.39, 0.29) is 5.56 Å². The van der Waals surface area contributed by atoms with Crippen LogP contribution in [0.4, 0.5) is 11.4 Å². The molecule has 0 N–H and O–H groups in total. The largest absolute Gasteiger partial charge is 0.497 e. The van der Waals surface area contributed by atoms with Crippen LogP contribution in [0.2, 0.25) is 0 Å². The highest BCUT2D eigenvalue weighted by molar-refractivity contribution is 5.91. The molecule has 3 rings (SSSR count). The number of nitro benzene ring substituents is 2. The Morgan fingerprint density at radius 2 is 1.52 bits per heavy atom. The van der Waals surface area contributed by atoms with Gasteiger partial charge in [-0.25, -0.2) is 4.79 Å². The molecule has 0 bridgehead atoms. The van der Waals surface area contributed by atoms with Gasteiger partial charge in [0.05, 0.1) is 28.6 Å². The van der Waals surface area contributed by atoms with Gasteiger partial charge in [0, 0.05) is 12.1 Å². The summed E-state index contributed by atoms with van der Waals surface area (Å²) in [7, 11) is 1.56. The minimum atomic E-state index is -0.866. The zero-order chi connectivity index (χ0) is 22.5. The summed E-state index contributed by atoms with van der Waals surface area (Å²) in [6, 6.07) is 9.76. The number of nitro groups is 2. The van der Waals surface area contributed by atoms with Crippen LogP contribution < -0.4 is 9.47 Å². The SMILES string of the molecule is COc1ccc(O[C@@H]2C[C@@H](C)CC[C@H]2OC(=O)c2cc([N+](=O)[O-])cc([N+](=O)[O-])c2)cc1. The first kappa shape index (κ1) is 22.0. The molecule has 10 heteroatoms. The summed E-state index contributed by atoms with van der Waals surface area (Å²) >= 11 is 0. The van der Waals surface area contributed by atoms with Crippen molar-refractivity contribution in [1.29, 1.82) is 0 Å². The number of benzene rings is 2. The number of esters is 1. The van der Waals surface area contributed by atoms with E-state index >= 15 is 0 Å². The second kappa shape index (κ2) is 9.41. The van der Waals surface area contributed by atoms with E-state index in [1.54, 1.807) is 31.4 Å². The zero-order valence-electron chi connectivity index (χ0n) is 17.1. The smallest absolute Gasteiger partial charge is 0.339 e. The Kier molecular flexibility index (Phi) is 6.68. The highest BCUT2D eigenvalue weighted by Crippen LogP contribution is 2.31. The van der Waals surface area contributed by atoms with Crippen molar-refractivity contribution in [3.8, 4) is 11.5 Å². The standard InChI is InChI=1S/C21H22N2O8/c1-13-3-8-19(20(9-13)30-18-6-4-17(29-2)5-7-18)31-21(24)14-10-15(22(25)26)12-16(11-14)23(27)28/h4-7,10-13,19-20H,3,8-9H2,1-2H3/t13-,19+,20+/m0/s1. The quantitative estimate of drug-likeness (QED) is 0.361. The fourth-order valence-corrected chi connectivity index (χ4v) is 3.52. The molecule has 1 saturated carbocycles. The van der Waals surface area contributed by atoms with Crippen molar-refractivity contribution in [2.24, 2.45) is 5.92 Å². The van der Waals surface area contributed by atoms with Crippen molar-refractivity contribution in [3.05, 3.63) is 68.3 Å². The Labute approximate surface area is 178 Å². The van der Waals surface area contributed by atoms with Crippen LogP contribution in [-0.4, -0.2) is 35.1 Å². The van der Waals surface area contributed by atoms with Crippen molar-refractivity contribution < 1.29 is 28.9 Å². The van der Waals surface area contributed by atoms with Gasteiger partial charge in [-0.2, -0.15) is 0 Å². The van der Waals surface area contributed by atoms with Crippen LogP contribution in [0.3, 0.4) is 0 Å². The highest BCUT2D eigenvalue weighted by atomic mass is 16.6. The van der Waals surface area contributed by atoms with Gasteiger partial charge in [0.25, 0.3) is 11.4 Å². The predicted octanol–water partition coefficient (Wildman–Crippen LogP) is 4.30. The average Bonchev–Trinajstić information content (AvgIpc) is 2.75. The summed E-state index contributed by atoms with van der Waals surface area (Å²) in [5.41, 5.74) is -1.35. The van der Waals surface area contributed by atoms with E-state index in [2.05, 4.69) is 6.92 Å². The van der Waals surface area contributed by atoms with Crippen LogP contribution in [0.15, 0.2) is 42.5 Å². The Bertz CT molecular complexity index is 944. The Morgan fingerprint density at radius 3 is 2.06 bits per heavy atom. The maximum absolute atomic E-state index is 12.7. The fraction of sp³-hybridized carbons (Fsp3) is 0.381. The molecule has 0 heterocycles. The lowest BCUT2D eigenvalue weighted by Gasteiger charge is -2.34. The fourth-order valence-electron chi connectivity index (χ4n) is 3.52. The van der Waals surface area contributed by atoms with Gasteiger partial charge in [-0.3, -0.25) is 20.2 Å². The van der Waals surface area contributed by atoms with Crippen LogP contribution in [0, 0.1) is 26.1 Å². The van der Waals surface area contributed by atoms with Crippen molar-refractivity contribution in [3.63, 3.8) is 0 Å². The van der Waals surface area contributed by atoms with Crippen LogP contribution in [0.5, 0.6) is 11.5 Å². The maximum Gasteiger partial charge on any atom is 0.339 e. The van der Waals surface area contributed by atoms with Gasteiger partial charge < -0.3 is 14.2 Å². The molecule has 2 aromatic carbocycles. The summed E-state index contributed by atoms with van der Waals surface area (Å²) < 4.78 is 16.8. The second-order valence-electron chi connectivity index (χ2n) is 7.45. The number of non-ortho nitro benzene ring substituents is 2. The highest BCUT2D eigenvalue weighted by Gasteiger charge is 2.34. The number of carbonyl (C=O) groups excluding carboxylic acids is 1. The molecule has 10 nitrogen and oxygen atoms in total. The normalized spacial score (nSPS) is 20.5. The first-order valence-corrected chi connectivity index (χ1v) is 9.72. The van der Waals surface area contributed by atoms with Gasteiger partial charge >= 0.3 is 5.97 Å². The van der Waals surface area contributed by atoms with E-state index in [1.807, 2.05) is 0 Å². The van der Waals surface area contributed by atoms with Gasteiger partial charge in [-0.15, -0.1) is 0 Å². The molecule has 0 spiro atoms. The van der Waals surface area contributed by atoms with Crippen LogP contribution in [0.1, 0.15) is 36.5 Å². The van der Waals surface area contributed by atoms with Crippen molar-refractivity contribution in [2.75, 3.05) is 7.11 Å². The first-order chi connectivity index (χ1) is 14.8. The third-order valence-corrected chi connectivity index (χ3v) is 5.16. The molecule has 0 saturated heterocycles. The van der Waals surface area contributed by atoms with E-state index in [1.165, 1.54) is 0 Å². The lowest BCUT2D eigenvalue weighted by atomic mass is 9.86. The van der Waals surface area contributed by atoms with Crippen LogP contribution in [0.25, 0.3) is 0 Å². The minimum absolute atomic E-state index is 0.247. The second-order valence-corrected chi connectivity index (χ2v) is 7.45. The Hall–Kier alpha value is -3.69. The van der Waals surface area contributed by atoms with Gasteiger partial charge in [0.15, 0.2) is 0 Å². The molecule has 0 amide bonds. The molecule has 2 aromatic rings. The third-order valence-electron chi connectivity index (χ3n) is 5.16. The molecule has 31 heavy (non-hydrogen) atoms. The van der Waals surface area contributed by atoms with Gasteiger partial charge in [0.1, 0.15) is 23.7 Å². The van der Waals surface area contributed by atoms with Crippen molar-refractivity contribution in [1.82, 2.24) is 0 Å². The lowest BCUT2D eigenvalue weighted by molar-refractivity contribution is -0.394. The van der Waals surface area contributed by atoms with E-state index in [9.17, 15) is 25.0 Å². The predicted molar refractivity (Wildman–Crippen MR) is 109 cm³/mol. The Morgan fingerprint density at radius 1 is 0.935 bits per heavy atom. The van der Waals surface area contributed by atoms with E-state index in [0.717, 1.165) is 24.6 Å². The van der Waals surface area contributed by atoms with Crippen molar-refractivity contribution in [2.45, 2.75) is 38.4 Å². The summed E-state index contributed by atoms with van der Waals surface area (Å²) in [4.78, 5) is 33.3. The maximum atomic E-state index is 12.7. The van der Waals surface area contributed by atoms with Gasteiger partial charge in [0.2, 0.25) is 0 Å². The molecule has 1 aliphatic rings. The van der Waals surface area contributed by atoms with Gasteiger partial charge in [-0.05, 0) is 49.4 Å². The Balaban J connectivity index is 1.79. The van der Waals surface area contributed by atoms with Crippen molar-refractivity contribution >= 4 is 17.3 Å². The number of methoxy groups -OCH3 is 1. The minimum Gasteiger partial charge on any atom is -0.497 e. The molecule has 0 unspecified atom stereocenters. The van der Waals surface area contributed by atoms with Gasteiger partial charge in [-0.1, -0.05) is 6.92 Å². The summed E-state index contributed by atoms with van der Waals surface area (Å²) in [6.45, 7) is 2.08. The summed E-state index contributed by atoms with van der Waals surface area (Å²) in [6.07, 6.45) is 0.998. The average molecular weight is 430 g/mol. The number of ether oxygens (including phenoxy) is 3. The summed E-state index contributed by atoms with van der Waals surface area (Å²) in [5, 5.41) is 22.2.